The normalized spacial score (nSPS) is 12.3. The predicted octanol–water partition coefficient (Wildman–Crippen LogP) is 4.09. The van der Waals surface area contributed by atoms with Gasteiger partial charge in [0.25, 0.3) is 0 Å². The molecule has 0 bridgehead atoms. The van der Waals surface area contributed by atoms with Crippen molar-refractivity contribution in [1.82, 2.24) is 10.3 Å². The molecule has 2 rings (SSSR count). The molecule has 0 radical (unpaired) electrons. The van der Waals surface area contributed by atoms with Crippen molar-refractivity contribution in [2.75, 3.05) is 6.54 Å². The number of thiazole rings is 1. The van der Waals surface area contributed by atoms with Crippen LogP contribution in [0, 0.1) is 6.92 Å². The molecule has 108 valence electrons. The molecule has 2 aromatic rings. The molecule has 3 nitrogen and oxygen atoms in total. The second-order valence-electron chi connectivity index (χ2n) is 4.92. The van der Waals surface area contributed by atoms with E-state index in [2.05, 4.69) is 36.3 Å². The second kappa shape index (κ2) is 7.41. The number of hydrogen-bond acceptors (Lipinski definition) is 4. The van der Waals surface area contributed by atoms with Crippen molar-refractivity contribution in [1.29, 1.82) is 0 Å². The Morgan fingerprint density at radius 3 is 2.65 bits per heavy atom. The van der Waals surface area contributed by atoms with E-state index in [1.807, 2.05) is 24.4 Å². The number of nitrogens with zero attached hydrogens (tertiary/aromatic N) is 1. The third-order valence-electron chi connectivity index (χ3n) is 3.11. The first-order valence-electron chi connectivity index (χ1n) is 7.06. The van der Waals surface area contributed by atoms with Gasteiger partial charge in [-0.05, 0) is 44.5 Å². The molecule has 0 saturated heterocycles. The zero-order valence-electron chi connectivity index (χ0n) is 12.3. The smallest absolute Gasteiger partial charge is 0.140 e. The predicted molar refractivity (Wildman–Crippen MR) is 84.3 cm³/mol. The highest BCUT2D eigenvalue weighted by Crippen LogP contribution is 2.19. The SMILES string of the molecule is CCCNC(C)c1ccc(OCc2nc(C)cs2)cc1. The van der Waals surface area contributed by atoms with Crippen LogP contribution >= 0.6 is 11.3 Å². The maximum absolute atomic E-state index is 5.75. The largest absolute Gasteiger partial charge is 0.486 e. The van der Waals surface area contributed by atoms with Crippen molar-refractivity contribution >= 4 is 11.3 Å². The van der Waals surface area contributed by atoms with Crippen LogP contribution in [-0.4, -0.2) is 11.5 Å². The fourth-order valence-corrected chi connectivity index (χ4v) is 2.63. The summed E-state index contributed by atoms with van der Waals surface area (Å²) in [5.41, 5.74) is 2.34. The Morgan fingerprint density at radius 2 is 2.05 bits per heavy atom. The van der Waals surface area contributed by atoms with Gasteiger partial charge in [-0.25, -0.2) is 4.98 Å². The van der Waals surface area contributed by atoms with Gasteiger partial charge < -0.3 is 10.1 Å². The Balaban J connectivity index is 1.87. The Labute approximate surface area is 125 Å². The molecular weight excluding hydrogens is 268 g/mol. The lowest BCUT2D eigenvalue weighted by Crippen LogP contribution is -2.19. The highest BCUT2D eigenvalue weighted by atomic mass is 32.1. The maximum atomic E-state index is 5.75. The van der Waals surface area contributed by atoms with Crippen molar-refractivity contribution in [2.45, 2.75) is 39.8 Å². The topological polar surface area (TPSA) is 34.1 Å². The summed E-state index contributed by atoms with van der Waals surface area (Å²) in [5.74, 6) is 0.893. The number of hydrogen-bond donors (Lipinski definition) is 1. The van der Waals surface area contributed by atoms with Crippen LogP contribution in [0.2, 0.25) is 0 Å². The molecule has 0 amide bonds. The molecule has 1 aromatic heterocycles. The number of benzene rings is 1. The van der Waals surface area contributed by atoms with Gasteiger partial charge >= 0.3 is 0 Å². The second-order valence-corrected chi connectivity index (χ2v) is 5.86. The van der Waals surface area contributed by atoms with Crippen molar-refractivity contribution in [2.24, 2.45) is 0 Å². The Hall–Kier alpha value is -1.39. The van der Waals surface area contributed by atoms with Gasteiger partial charge in [0.1, 0.15) is 17.4 Å². The van der Waals surface area contributed by atoms with Crippen LogP contribution in [0.25, 0.3) is 0 Å². The van der Waals surface area contributed by atoms with Crippen LogP contribution in [-0.2, 0) is 6.61 Å². The van der Waals surface area contributed by atoms with Gasteiger partial charge in [0.15, 0.2) is 0 Å². The zero-order valence-corrected chi connectivity index (χ0v) is 13.2. The number of aromatic nitrogens is 1. The third-order valence-corrected chi connectivity index (χ3v) is 4.05. The monoisotopic (exact) mass is 290 g/mol. The molecule has 1 heterocycles. The van der Waals surface area contributed by atoms with Crippen LogP contribution in [0.3, 0.4) is 0 Å². The average Bonchev–Trinajstić information content (AvgIpc) is 2.89. The molecule has 0 aliphatic heterocycles. The van der Waals surface area contributed by atoms with Gasteiger partial charge in [-0.3, -0.25) is 0 Å². The quantitative estimate of drug-likeness (QED) is 0.834. The summed E-state index contributed by atoms with van der Waals surface area (Å²) in [6.45, 7) is 7.95. The fourth-order valence-electron chi connectivity index (χ4n) is 1.95. The van der Waals surface area contributed by atoms with Crippen molar-refractivity contribution in [3.05, 3.63) is 45.9 Å². The zero-order chi connectivity index (χ0) is 14.4. The minimum absolute atomic E-state index is 0.380. The van der Waals surface area contributed by atoms with Crippen LogP contribution in [0.1, 0.15) is 42.6 Å². The van der Waals surface area contributed by atoms with E-state index in [0.717, 1.165) is 29.4 Å². The molecule has 1 aromatic carbocycles. The van der Waals surface area contributed by atoms with Gasteiger partial charge in [-0.2, -0.15) is 0 Å². The van der Waals surface area contributed by atoms with Gasteiger partial charge in [0, 0.05) is 17.1 Å². The summed E-state index contributed by atoms with van der Waals surface area (Å²) in [5, 5.41) is 6.54. The highest BCUT2D eigenvalue weighted by Gasteiger charge is 2.05. The molecule has 1 N–H and O–H groups in total. The summed E-state index contributed by atoms with van der Waals surface area (Å²) in [6, 6.07) is 8.68. The van der Waals surface area contributed by atoms with E-state index >= 15 is 0 Å². The number of rotatable bonds is 7. The van der Waals surface area contributed by atoms with E-state index in [1.165, 1.54) is 5.56 Å². The molecule has 4 heteroatoms. The Bertz CT molecular complexity index is 522. The van der Waals surface area contributed by atoms with Gasteiger partial charge in [0.2, 0.25) is 0 Å². The van der Waals surface area contributed by atoms with Crippen molar-refractivity contribution in [3.63, 3.8) is 0 Å². The van der Waals surface area contributed by atoms with E-state index in [0.29, 0.717) is 12.6 Å². The molecule has 0 aliphatic rings. The fraction of sp³-hybridized carbons (Fsp3) is 0.438. The van der Waals surface area contributed by atoms with Crippen LogP contribution in [0.15, 0.2) is 29.6 Å². The maximum Gasteiger partial charge on any atom is 0.140 e. The lowest BCUT2D eigenvalue weighted by atomic mass is 10.1. The van der Waals surface area contributed by atoms with Gasteiger partial charge in [-0.15, -0.1) is 11.3 Å². The standard InChI is InChI=1S/C16H22N2OS/c1-4-9-17-13(3)14-5-7-15(8-6-14)19-10-16-18-12(2)11-20-16/h5-8,11,13,17H,4,9-10H2,1-3H3. The van der Waals surface area contributed by atoms with E-state index in [9.17, 15) is 0 Å². The first-order valence-corrected chi connectivity index (χ1v) is 7.94. The van der Waals surface area contributed by atoms with E-state index in [-0.39, 0.29) is 0 Å². The van der Waals surface area contributed by atoms with Crippen LogP contribution in [0.5, 0.6) is 5.75 Å². The van der Waals surface area contributed by atoms with Crippen LogP contribution in [0.4, 0.5) is 0 Å². The first-order chi connectivity index (χ1) is 9.69. The number of aryl methyl sites for hydroxylation is 1. The summed E-state index contributed by atoms with van der Waals surface area (Å²) < 4.78 is 5.75. The average molecular weight is 290 g/mol. The molecule has 20 heavy (non-hydrogen) atoms. The lowest BCUT2D eigenvalue weighted by Gasteiger charge is -2.14. The summed E-state index contributed by atoms with van der Waals surface area (Å²) in [4.78, 5) is 4.39. The number of ether oxygens (including phenoxy) is 1. The Morgan fingerprint density at radius 1 is 1.30 bits per heavy atom. The van der Waals surface area contributed by atoms with Crippen molar-refractivity contribution in [3.8, 4) is 5.75 Å². The molecule has 0 aliphatic carbocycles. The highest BCUT2D eigenvalue weighted by molar-refractivity contribution is 7.09. The van der Waals surface area contributed by atoms with E-state index < -0.39 is 0 Å². The molecule has 1 atom stereocenters. The van der Waals surface area contributed by atoms with Gasteiger partial charge in [-0.1, -0.05) is 19.1 Å². The first kappa shape index (κ1) is 15.0. The summed E-state index contributed by atoms with van der Waals surface area (Å²) >= 11 is 1.64. The molecule has 1 unspecified atom stereocenters. The lowest BCUT2D eigenvalue weighted by molar-refractivity contribution is 0.305. The van der Waals surface area contributed by atoms with E-state index in [1.54, 1.807) is 11.3 Å². The third kappa shape index (κ3) is 4.32. The molecule has 0 spiro atoms. The Kier molecular flexibility index (Phi) is 5.56. The van der Waals surface area contributed by atoms with Crippen molar-refractivity contribution < 1.29 is 4.74 Å². The van der Waals surface area contributed by atoms with Crippen LogP contribution < -0.4 is 10.1 Å². The molecule has 0 fully saturated rings. The minimum Gasteiger partial charge on any atom is -0.486 e. The summed E-state index contributed by atoms with van der Waals surface area (Å²) in [7, 11) is 0. The van der Waals surface area contributed by atoms with Gasteiger partial charge in [0.05, 0.1) is 0 Å². The summed E-state index contributed by atoms with van der Waals surface area (Å²) in [6.07, 6.45) is 1.15. The molecular formula is C16H22N2OS. The number of nitrogens with one attached hydrogen (secondary N) is 1. The minimum atomic E-state index is 0.380. The van der Waals surface area contributed by atoms with E-state index in [4.69, 9.17) is 4.74 Å². The molecule has 0 saturated carbocycles.